The van der Waals surface area contributed by atoms with Crippen molar-refractivity contribution in [1.29, 1.82) is 0 Å². The van der Waals surface area contributed by atoms with Crippen LogP contribution in [0.5, 0.6) is 0 Å². The molecule has 6 nitrogen and oxygen atoms in total. The number of nitrogens with two attached hydrogens (primary N) is 1. The average molecular weight is 204 g/mol. The summed E-state index contributed by atoms with van der Waals surface area (Å²) in [5.74, 6) is 5.27. The Balaban J connectivity index is 2.81. The number of anilines is 1. The summed E-state index contributed by atoms with van der Waals surface area (Å²) >= 11 is 0. The first kappa shape index (κ1) is 9.35. The highest BCUT2D eigenvalue weighted by molar-refractivity contribution is 5.95. The lowest BCUT2D eigenvalue weighted by Gasteiger charge is -2.05. The fourth-order valence-corrected chi connectivity index (χ4v) is 1.42. The molecule has 6 heteroatoms. The van der Waals surface area contributed by atoms with E-state index in [1.165, 1.54) is 6.20 Å². The highest BCUT2D eigenvalue weighted by atomic mass is 16.6. The third-order valence-corrected chi connectivity index (χ3v) is 2.10. The number of hydrogen-bond acceptors (Lipinski definition) is 5. The molecule has 0 atom stereocenters. The number of hydrazine groups is 1. The van der Waals surface area contributed by atoms with Crippen LogP contribution in [0.2, 0.25) is 0 Å². The minimum atomic E-state index is -0.519. The van der Waals surface area contributed by atoms with Crippen molar-refractivity contribution in [3.63, 3.8) is 0 Å². The number of aromatic nitrogens is 1. The van der Waals surface area contributed by atoms with E-state index in [9.17, 15) is 10.1 Å². The smallest absolute Gasteiger partial charge is 0.312 e. The summed E-state index contributed by atoms with van der Waals surface area (Å²) in [5, 5.41) is 11.3. The Morgan fingerprint density at radius 3 is 2.80 bits per heavy atom. The van der Waals surface area contributed by atoms with Gasteiger partial charge in [-0.25, -0.2) is 4.98 Å². The number of fused-ring (bicyclic) bond motifs is 1. The Labute approximate surface area is 84.8 Å². The summed E-state index contributed by atoms with van der Waals surface area (Å²) in [6.45, 7) is 0. The van der Waals surface area contributed by atoms with E-state index in [1.807, 2.05) is 6.07 Å². The third kappa shape index (κ3) is 1.46. The molecule has 1 aromatic carbocycles. The first-order valence-electron chi connectivity index (χ1n) is 4.23. The van der Waals surface area contributed by atoms with Gasteiger partial charge in [0.05, 0.1) is 10.4 Å². The van der Waals surface area contributed by atoms with E-state index >= 15 is 0 Å². The Morgan fingerprint density at radius 1 is 1.40 bits per heavy atom. The second kappa shape index (κ2) is 3.50. The van der Waals surface area contributed by atoms with Gasteiger partial charge in [0.1, 0.15) is 11.9 Å². The largest absolute Gasteiger partial charge is 0.318 e. The fraction of sp³-hybridized carbons (Fsp3) is 0. The van der Waals surface area contributed by atoms with Crippen LogP contribution in [0, 0.1) is 10.1 Å². The molecule has 0 fully saturated rings. The van der Waals surface area contributed by atoms with Crippen LogP contribution in [0.3, 0.4) is 0 Å². The van der Waals surface area contributed by atoms with Gasteiger partial charge in [0.15, 0.2) is 0 Å². The van der Waals surface area contributed by atoms with Gasteiger partial charge in [-0.05, 0) is 6.07 Å². The molecule has 1 aromatic heterocycles. The summed E-state index contributed by atoms with van der Waals surface area (Å²) in [6, 6.07) is 7.07. The lowest BCUT2D eigenvalue weighted by molar-refractivity contribution is -0.384. The number of pyridine rings is 1. The molecule has 3 N–H and O–H groups in total. The second-order valence-corrected chi connectivity index (χ2v) is 2.94. The van der Waals surface area contributed by atoms with Crippen LogP contribution in [0.1, 0.15) is 0 Å². The molecule has 2 aromatic rings. The number of benzene rings is 1. The van der Waals surface area contributed by atoms with Crippen molar-refractivity contribution in [3.05, 3.63) is 40.6 Å². The molecule has 0 unspecified atom stereocenters. The topological polar surface area (TPSA) is 94.1 Å². The molecular weight excluding hydrogens is 196 g/mol. The maximum absolute atomic E-state index is 10.7. The van der Waals surface area contributed by atoms with Crippen molar-refractivity contribution in [2.45, 2.75) is 0 Å². The SMILES string of the molecule is NNc1c([N+](=O)[O-])cnc2ccccc12. The van der Waals surface area contributed by atoms with E-state index in [0.29, 0.717) is 10.9 Å². The van der Waals surface area contributed by atoms with Crippen molar-refractivity contribution >= 4 is 22.3 Å². The maximum Gasteiger partial charge on any atom is 0.312 e. The standard InChI is InChI=1S/C9H8N4O2/c10-12-9-6-3-1-2-4-7(6)11-5-8(9)13(14)15/h1-5H,10H2,(H,11,12). The van der Waals surface area contributed by atoms with E-state index in [-0.39, 0.29) is 11.4 Å². The van der Waals surface area contributed by atoms with Crippen LogP contribution >= 0.6 is 0 Å². The molecule has 15 heavy (non-hydrogen) atoms. The normalized spacial score (nSPS) is 10.2. The van der Waals surface area contributed by atoms with Crippen LogP contribution in [-0.2, 0) is 0 Å². The molecule has 0 spiro atoms. The maximum atomic E-state index is 10.7. The van der Waals surface area contributed by atoms with Gasteiger partial charge >= 0.3 is 5.69 Å². The molecule has 76 valence electrons. The van der Waals surface area contributed by atoms with Crippen LogP contribution in [-0.4, -0.2) is 9.91 Å². The first-order chi connectivity index (χ1) is 7.24. The van der Waals surface area contributed by atoms with Crippen molar-refractivity contribution in [2.75, 3.05) is 5.43 Å². The first-order valence-corrected chi connectivity index (χ1v) is 4.23. The highest BCUT2D eigenvalue weighted by Gasteiger charge is 2.16. The van der Waals surface area contributed by atoms with Gasteiger partial charge in [0.2, 0.25) is 0 Å². The number of nitrogens with one attached hydrogen (secondary N) is 1. The zero-order chi connectivity index (χ0) is 10.8. The van der Waals surface area contributed by atoms with Crippen LogP contribution in [0.25, 0.3) is 10.9 Å². The fourth-order valence-electron chi connectivity index (χ4n) is 1.42. The number of nitrogen functional groups attached to an aromatic ring is 1. The van der Waals surface area contributed by atoms with Crippen molar-refractivity contribution in [3.8, 4) is 0 Å². The Kier molecular flexibility index (Phi) is 2.18. The molecule has 0 amide bonds. The van der Waals surface area contributed by atoms with Gasteiger partial charge in [0.25, 0.3) is 0 Å². The summed E-state index contributed by atoms with van der Waals surface area (Å²) < 4.78 is 0. The molecule has 0 saturated heterocycles. The summed E-state index contributed by atoms with van der Waals surface area (Å²) in [5.41, 5.74) is 3.16. The molecule has 0 aliphatic heterocycles. The lowest BCUT2D eigenvalue weighted by atomic mass is 10.2. The van der Waals surface area contributed by atoms with Gasteiger partial charge in [-0.3, -0.25) is 16.0 Å². The predicted molar refractivity (Wildman–Crippen MR) is 56.2 cm³/mol. The number of nitro groups is 1. The number of rotatable bonds is 2. The Bertz CT molecular complexity index is 527. The number of para-hydroxylation sites is 1. The summed E-state index contributed by atoms with van der Waals surface area (Å²) in [4.78, 5) is 14.1. The van der Waals surface area contributed by atoms with E-state index < -0.39 is 4.92 Å². The molecule has 0 aliphatic carbocycles. The molecule has 0 bridgehead atoms. The van der Waals surface area contributed by atoms with Gasteiger partial charge < -0.3 is 5.43 Å². The third-order valence-electron chi connectivity index (χ3n) is 2.10. The van der Waals surface area contributed by atoms with Gasteiger partial charge in [-0.1, -0.05) is 18.2 Å². The summed E-state index contributed by atoms with van der Waals surface area (Å²) in [6.07, 6.45) is 1.19. The average Bonchev–Trinajstić information content (AvgIpc) is 2.27. The molecule has 0 saturated carbocycles. The molecule has 0 radical (unpaired) electrons. The number of hydrogen-bond donors (Lipinski definition) is 2. The van der Waals surface area contributed by atoms with E-state index in [1.54, 1.807) is 18.2 Å². The van der Waals surface area contributed by atoms with Gasteiger partial charge in [-0.15, -0.1) is 0 Å². The zero-order valence-corrected chi connectivity index (χ0v) is 7.68. The van der Waals surface area contributed by atoms with Gasteiger partial charge in [0, 0.05) is 5.39 Å². The van der Waals surface area contributed by atoms with Crippen molar-refractivity contribution in [1.82, 2.24) is 4.98 Å². The lowest BCUT2D eigenvalue weighted by Crippen LogP contribution is -2.10. The van der Waals surface area contributed by atoms with Crippen molar-refractivity contribution in [2.24, 2.45) is 5.84 Å². The molecule has 1 heterocycles. The molecular formula is C9H8N4O2. The molecule has 2 rings (SSSR count). The van der Waals surface area contributed by atoms with E-state index in [2.05, 4.69) is 10.4 Å². The summed E-state index contributed by atoms with van der Waals surface area (Å²) in [7, 11) is 0. The van der Waals surface area contributed by atoms with Crippen LogP contribution in [0.15, 0.2) is 30.5 Å². The van der Waals surface area contributed by atoms with Crippen LogP contribution in [0.4, 0.5) is 11.4 Å². The van der Waals surface area contributed by atoms with E-state index in [0.717, 1.165) is 0 Å². The van der Waals surface area contributed by atoms with Crippen LogP contribution < -0.4 is 11.3 Å². The Hall–Kier alpha value is -2.21. The monoisotopic (exact) mass is 204 g/mol. The predicted octanol–water partition coefficient (Wildman–Crippen LogP) is 1.43. The second-order valence-electron chi connectivity index (χ2n) is 2.94. The quantitative estimate of drug-likeness (QED) is 0.438. The highest BCUT2D eigenvalue weighted by Crippen LogP contribution is 2.30. The zero-order valence-electron chi connectivity index (χ0n) is 7.68. The van der Waals surface area contributed by atoms with Gasteiger partial charge in [-0.2, -0.15) is 0 Å². The Morgan fingerprint density at radius 2 is 2.13 bits per heavy atom. The van der Waals surface area contributed by atoms with E-state index in [4.69, 9.17) is 5.84 Å². The number of nitrogens with zero attached hydrogens (tertiary/aromatic N) is 2. The van der Waals surface area contributed by atoms with Crippen molar-refractivity contribution < 1.29 is 4.92 Å². The minimum absolute atomic E-state index is 0.129. The minimum Gasteiger partial charge on any atom is -0.318 e. The molecule has 0 aliphatic rings.